The van der Waals surface area contributed by atoms with Crippen LogP contribution in [0.3, 0.4) is 0 Å². The maximum absolute atomic E-state index is 11.4. The number of aromatic amines is 1. The van der Waals surface area contributed by atoms with Crippen molar-refractivity contribution in [3.8, 4) is 0 Å². The van der Waals surface area contributed by atoms with E-state index in [9.17, 15) is 4.79 Å². The van der Waals surface area contributed by atoms with Crippen LogP contribution in [-0.2, 0) is 6.42 Å². The molecular weight excluding hydrogens is 176 g/mol. The maximum atomic E-state index is 11.4. The molecule has 0 aliphatic rings. The number of aromatic nitrogens is 2. The molecule has 1 N–H and O–H groups in total. The second kappa shape index (κ2) is 5.58. The van der Waals surface area contributed by atoms with Gasteiger partial charge < -0.3 is 4.98 Å². The molecule has 0 atom stereocenters. The van der Waals surface area contributed by atoms with E-state index in [1.807, 2.05) is 6.92 Å². The number of unbranched alkanes of at least 4 members (excludes halogenated alkanes) is 3. The minimum absolute atomic E-state index is 0.0222. The highest BCUT2D eigenvalue weighted by Gasteiger charge is 2.03. The molecule has 1 heterocycles. The number of H-pyrrole nitrogens is 1. The fraction of sp³-hybridized carbons (Fsp3) is 0.636. The Labute approximate surface area is 84.6 Å². The summed E-state index contributed by atoms with van der Waals surface area (Å²) in [5, 5.41) is 0. The lowest BCUT2D eigenvalue weighted by Gasteiger charge is -2.02. The van der Waals surface area contributed by atoms with Gasteiger partial charge in [0.1, 0.15) is 0 Å². The molecule has 14 heavy (non-hydrogen) atoms. The van der Waals surface area contributed by atoms with Gasteiger partial charge in [0.25, 0.3) is 5.56 Å². The Bertz CT molecular complexity index is 330. The van der Waals surface area contributed by atoms with Crippen LogP contribution >= 0.6 is 0 Å². The number of nitrogens with zero attached hydrogens (tertiary/aromatic N) is 1. The number of rotatable bonds is 5. The van der Waals surface area contributed by atoms with E-state index in [4.69, 9.17) is 0 Å². The van der Waals surface area contributed by atoms with Crippen molar-refractivity contribution in [3.05, 3.63) is 27.9 Å². The summed E-state index contributed by atoms with van der Waals surface area (Å²) in [5.74, 6) is 0. The van der Waals surface area contributed by atoms with Crippen molar-refractivity contribution >= 4 is 0 Å². The van der Waals surface area contributed by atoms with Crippen molar-refractivity contribution in [2.75, 3.05) is 0 Å². The SMILES string of the molecule is CCCCCCc1c(C)nc[nH]c1=O. The molecule has 1 aromatic rings. The van der Waals surface area contributed by atoms with Gasteiger partial charge in [0.15, 0.2) is 0 Å². The summed E-state index contributed by atoms with van der Waals surface area (Å²) in [4.78, 5) is 18.1. The Morgan fingerprint density at radius 3 is 2.79 bits per heavy atom. The Hall–Kier alpha value is -1.12. The highest BCUT2D eigenvalue weighted by molar-refractivity contribution is 5.14. The molecule has 0 saturated heterocycles. The first kappa shape index (κ1) is 11.0. The van der Waals surface area contributed by atoms with Crippen molar-refractivity contribution in [1.82, 2.24) is 9.97 Å². The molecule has 0 saturated carbocycles. The molecule has 1 aromatic heterocycles. The number of nitrogens with one attached hydrogen (secondary N) is 1. The monoisotopic (exact) mass is 194 g/mol. The molecule has 0 spiro atoms. The molecule has 78 valence electrons. The number of hydrogen-bond donors (Lipinski definition) is 1. The zero-order valence-electron chi connectivity index (χ0n) is 8.97. The first-order chi connectivity index (χ1) is 6.75. The van der Waals surface area contributed by atoms with Crippen LogP contribution in [0.5, 0.6) is 0 Å². The van der Waals surface area contributed by atoms with E-state index in [0.29, 0.717) is 0 Å². The van der Waals surface area contributed by atoms with Crippen LogP contribution in [0.1, 0.15) is 43.9 Å². The molecule has 0 unspecified atom stereocenters. The van der Waals surface area contributed by atoms with Gasteiger partial charge in [-0.05, 0) is 19.8 Å². The van der Waals surface area contributed by atoms with Gasteiger partial charge in [-0.1, -0.05) is 26.2 Å². The Kier molecular flexibility index (Phi) is 4.36. The second-order valence-electron chi connectivity index (χ2n) is 3.61. The van der Waals surface area contributed by atoms with Crippen LogP contribution in [0.25, 0.3) is 0 Å². The van der Waals surface area contributed by atoms with Crippen LogP contribution < -0.4 is 5.56 Å². The lowest BCUT2D eigenvalue weighted by atomic mass is 10.1. The molecule has 0 aliphatic heterocycles. The van der Waals surface area contributed by atoms with Gasteiger partial charge in [0.2, 0.25) is 0 Å². The summed E-state index contributed by atoms with van der Waals surface area (Å²) in [6.07, 6.45) is 7.08. The van der Waals surface area contributed by atoms with Crippen LogP contribution in [0.15, 0.2) is 11.1 Å². The Morgan fingerprint density at radius 2 is 2.14 bits per heavy atom. The van der Waals surface area contributed by atoms with Crippen LogP contribution in [0.2, 0.25) is 0 Å². The molecule has 0 aromatic carbocycles. The molecule has 0 radical (unpaired) electrons. The van der Waals surface area contributed by atoms with Crippen molar-refractivity contribution in [1.29, 1.82) is 0 Å². The minimum Gasteiger partial charge on any atom is -0.313 e. The van der Waals surface area contributed by atoms with Crippen molar-refractivity contribution < 1.29 is 0 Å². The van der Waals surface area contributed by atoms with Gasteiger partial charge in [-0.15, -0.1) is 0 Å². The third-order valence-electron chi connectivity index (χ3n) is 2.44. The quantitative estimate of drug-likeness (QED) is 0.730. The second-order valence-corrected chi connectivity index (χ2v) is 3.61. The molecule has 0 fully saturated rings. The van der Waals surface area contributed by atoms with Gasteiger partial charge in [-0.25, -0.2) is 4.98 Å². The zero-order chi connectivity index (χ0) is 10.4. The number of hydrogen-bond acceptors (Lipinski definition) is 2. The lowest BCUT2D eigenvalue weighted by Crippen LogP contribution is -2.15. The standard InChI is InChI=1S/C11H18N2O/c1-3-4-5-6-7-10-9(2)12-8-13-11(10)14/h8H,3-7H2,1-2H3,(H,12,13,14). The van der Waals surface area contributed by atoms with E-state index in [2.05, 4.69) is 16.9 Å². The average Bonchev–Trinajstić information content (AvgIpc) is 2.16. The third kappa shape index (κ3) is 2.98. The van der Waals surface area contributed by atoms with Gasteiger partial charge in [-0.2, -0.15) is 0 Å². The van der Waals surface area contributed by atoms with Crippen molar-refractivity contribution in [2.24, 2.45) is 0 Å². The molecule has 0 bridgehead atoms. The maximum Gasteiger partial charge on any atom is 0.254 e. The van der Waals surface area contributed by atoms with Gasteiger partial charge >= 0.3 is 0 Å². The topological polar surface area (TPSA) is 45.8 Å². The molecule has 1 rings (SSSR count). The van der Waals surface area contributed by atoms with E-state index >= 15 is 0 Å². The van der Waals surface area contributed by atoms with Crippen LogP contribution in [-0.4, -0.2) is 9.97 Å². The van der Waals surface area contributed by atoms with Crippen molar-refractivity contribution in [3.63, 3.8) is 0 Å². The summed E-state index contributed by atoms with van der Waals surface area (Å²) in [6.45, 7) is 4.08. The summed E-state index contributed by atoms with van der Waals surface area (Å²) >= 11 is 0. The Morgan fingerprint density at radius 1 is 1.36 bits per heavy atom. The number of aryl methyl sites for hydroxylation is 1. The van der Waals surface area contributed by atoms with Gasteiger partial charge in [0, 0.05) is 11.3 Å². The summed E-state index contributed by atoms with van der Waals surface area (Å²) in [6, 6.07) is 0. The lowest BCUT2D eigenvalue weighted by molar-refractivity contribution is 0.661. The van der Waals surface area contributed by atoms with Crippen molar-refractivity contribution in [2.45, 2.75) is 46.0 Å². The van der Waals surface area contributed by atoms with Crippen LogP contribution in [0, 0.1) is 6.92 Å². The Balaban J connectivity index is 2.54. The third-order valence-corrected chi connectivity index (χ3v) is 2.44. The molecule has 3 heteroatoms. The first-order valence-corrected chi connectivity index (χ1v) is 5.29. The summed E-state index contributed by atoms with van der Waals surface area (Å²) in [7, 11) is 0. The fourth-order valence-corrected chi connectivity index (χ4v) is 1.54. The van der Waals surface area contributed by atoms with E-state index < -0.39 is 0 Å². The predicted molar refractivity (Wildman–Crippen MR) is 57.4 cm³/mol. The minimum atomic E-state index is 0.0222. The molecule has 3 nitrogen and oxygen atoms in total. The fourth-order valence-electron chi connectivity index (χ4n) is 1.54. The van der Waals surface area contributed by atoms with Gasteiger partial charge in [-0.3, -0.25) is 4.79 Å². The van der Waals surface area contributed by atoms with E-state index in [0.717, 1.165) is 24.1 Å². The smallest absolute Gasteiger partial charge is 0.254 e. The molecular formula is C11H18N2O. The van der Waals surface area contributed by atoms with E-state index in [1.165, 1.54) is 25.6 Å². The molecule has 0 amide bonds. The van der Waals surface area contributed by atoms with E-state index in [-0.39, 0.29) is 5.56 Å². The zero-order valence-corrected chi connectivity index (χ0v) is 8.97. The highest BCUT2D eigenvalue weighted by Crippen LogP contribution is 2.05. The highest BCUT2D eigenvalue weighted by atomic mass is 16.1. The summed E-state index contributed by atoms with van der Waals surface area (Å²) < 4.78 is 0. The van der Waals surface area contributed by atoms with Crippen LogP contribution in [0.4, 0.5) is 0 Å². The van der Waals surface area contributed by atoms with Gasteiger partial charge in [0.05, 0.1) is 6.33 Å². The normalized spacial score (nSPS) is 10.4. The molecule has 0 aliphatic carbocycles. The average molecular weight is 194 g/mol. The largest absolute Gasteiger partial charge is 0.313 e. The summed E-state index contributed by atoms with van der Waals surface area (Å²) in [5.41, 5.74) is 1.74. The van der Waals surface area contributed by atoms with E-state index in [1.54, 1.807) is 0 Å². The first-order valence-electron chi connectivity index (χ1n) is 5.29. The predicted octanol–water partition coefficient (Wildman–Crippen LogP) is 2.20.